The highest BCUT2D eigenvalue weighted by atomic mass is 127. The molecule has 2 amide bonds. The van der Waals surface area contributed by atoms with Gasteiger partial charge in [-0.2, -0.15) is 0 Å². The van der Waals surface area contributed by atoms with Gasteiger partial charge in [0.2, 0.25) is 0 Å². The normalized spacial score (nSPS) is 24.2. The molecule has 0 saturated carbocycles. The molecule has 0 bridgehead atoms. The number of nitrogens with one attached hydrogen (secondary N) is 2. The zero-order chi connectivity index (χ0) is 23.0. The third-order valence-corrected chi connectivity index (χ3v) is 7.52. The first-order valence-electron chi connectivity index (χ1n) is 9.76. The summed E-state index contributed by atoms with van der Waals surface area (Å²) in [6.07, 6.45) is -0.419. The van der Waals surface area contributed by atoms with Crippen molar-refractivity contribution in [3.63, 3.8) is 0 Å². The molecule has 2 unspecified atom stereocenters. The van der Waals surface area contributed by atoms with Gasteiger partial charge in [-0.25, -0.2) is 0 Å². The Kier molecular flexibility index (Phi) is 8.50. The van der Waals surface area contributed by atoms with Crippen molar-refractivity contribution in [1.29, 1.82) is 0 Å². The van der Waals surface area contributed by atoms with Crippen molar-refractivity contribution in [3.8, 4) is 0 Å². The van der Waals surface area contributed by atoms with E-state index in [0.29, 0.717) is 41.0 Å². The molecule has 2 atom stereocenters. The van der Waals surface area contributed by atoms with E-state index in [1.807, 2.05) is 33.8 Å². The predicted octanol–water partition coefficient (Wildman–Crippen LogP) is 3.26. The maximum absolute atomic E-state index is 12.9. The van der Waals surface area contributed by atoms with Crippen LogP contribution >= 0.6 is 67.8 Å². The van der Waals surface area contributed by atoms with Crippen LogP contribution in [0.15, 0.2) is 6.07 Å². The summed E-state index contributed by atoms with van der Waals surface area (Å²) in [5, 5.41) is 5.81. The molecule has 2 aliphatic heterocycles. The van der Waals surface area contributed by atoms with Gasteiger partial charge in [0.15, 0.2) is 11.6 Å². The van der Waals surface area contributed by atoms with Gasteiger partial charge in [0, 0.05) is 23.8 Å². The zero-order valence-corrected chi connectivity index (χ0v) is 24.1. The molecule has 2 fully saturated rings. The lowest BCUT2D eigenvalue weighted by Gasteiger charge is -2.19. The lowest BCUT2D eigenvalue weighted by Crippen LogP contribution is -2.37. The predicted molar refractivity (Wildman–Crippen MR) is 139 cm³/mol. The van der Waals surface area contributed by atoms with Crippen LogP contribution in [-0.2, 0) is 18.9 Å². The summed E-state index contributed by atoms with van der Waals surface area (Å²) in [6, 6.07) is 1.84. The molecule has 1 aromatic rings. The summed E-state index contributed by atoms with van der Waals surface area (Å²) in [5.74, 6) is -1.78. The van der Waals surface area contributed by atoms with Crippen LogP contribution in [0.4, 0.5) is 0 Å². The van der Waals surface area contributed by atoms with E-state index in [-0.39, 0.29) is 24.0 Å². The molecule has 0 spiro atoms. The van der Waals surface area contributed by atoms with Crippen LogP contribution in [0.3, 0.4) is 0 Å². The van der Waals surface area contributed by atoms with E-state index >= 15 is 0 Å². The van der Waals surface area contributed by atoms with Crippen molar-refractivity contribution in [1.82, 2.24) is 10.6 Å². The first-order valence-corrected chi connectivity index (χ1v) is 13.0. The van der Waals surface area contributed by atoms with Gasteiger partial charge in [0.25, 0.3) is 11.8 Å². The molecule has 0 radical (unpaired) electrons. The second-order valence-corrected chi connectivity index (χ2v) is 11.6. The van der Waals surface area contributed by atoms with Crippen LogP contribution in [0.5, 0.6) is 0 Å². The van der Waals surface area contributed by atoms with E-state index < -0.39 is 11.6 Å². The van der Waals surface area contributed by atoms with Gasteiger partial charge in [0.05, 0.1) is 24.3 Å². The van der Waals surface area contributed by atoms with Crippen molar-refractivity contribution in [2.24, 2.45) is 0 Å². The van der Waals surface area contributed by atoms with Gasteiger partial charge >= 0.3 is 0 Å². The number of hydrogen-bond donors (Lipinski definition) is 2. The average Bonchev–Trinajstić information content (AvgIpc) is 3.18. The first kappa shape index (κ1) is 25.8. The van der Waals surface area contributed by atoms with E-state index in [2.05, 4.69) is 78.4 Å². The summed E-state index contributed by atoms with van der Waals surface area (Å²) >= 11 is 6.31. The summed E-state index contributed by atoms with van der Waals surface area (Å²) < 4.78 is 24.7. The van der Waals surface area contributed by atoms with Crippen LogP contribution in [0.2, 0.25) is 0 Å². The Morgan fingerprint density at radius 1 is 0.871 bits per heavy atom. The SMILES string of the molecule is CC1(C)OCC(CNC(=O)c2c(I)cc(I)c(C(=O)NCC3COC(C)(C)O3)c2I)O1. The Morgan fingerprint density at radius 3 is 1.58 bits per heavy atom. The van der Waals surface area contributed by atoms with Crippen molar-refractivity contribution in [2.45, 2.75) is 51.5 Å². The molecule has 0 aromatic heterocycles. The number of carbonyl (C=O) groups is 2. The highest BCUT2D eigenvalue weighted by molar-refractivity contribution is 14.1. The fraction of sp³-hybridized carbons (Fsp3) is 0.600. The Labute approximate surface area is 222 Å². The maximum Gasteiger partial charge on any atom is 0.253 e. The highest BCUT2D eigenvalue weighted by Gasteiger charge is 2.34. The summed E-state index contributed by atoms with van der Waals surface area (Å²) in [6.45, 7) is 8.87. The molecular formula is C20H25I3N2O6. The monoisotopic (exact) mass is 770 g/mol. The van der Waals surface area contributed by atoms with Crippen molar-refractivity contribution in [3.05, 3.63) is 27.9 Å². The van der Waals surface area contributed by atoms with Crippen LogP contribution in [-0.4, -0.2) is 61.9 Å². The third kappa shape index (κ3) is 6.62. The van der Waals surface area contributed by atoms with Crippen molar-refractivity contribution in [2.75, 3.05) is 26.3 Å². The quantitative estimate of drug-likeness (QED) is 0.432. The molecule has 2 saturated heterocycles. The molecule has 1 aromatic carbocycles. The Hall–Kier alpha value is 0.190. The second kappa shape index (κ2) is 10.2. The molecule has 8 nitrogen and oxygen atoms in total. The minimum absolute atomic E-state index is 0.209. The smallest absolute Gasteiger partial charge is 0.253 e. The van der Waals surface area contributed by atoms with Gasteiger partial charge in [-0.15, -0.1) is 0 Å². The van der Waals surface area contributed by atoms with Gasteiger partial charge < -0.3 is 29.6 Å². The summed E-state index contributed by atoms with van der Waals surface area (Å²) in [4.78, 5) is 25.9. The standard InChI is InChI=1S/C20H25I3N2O6/c1-19(2)28-8-10(30-19)6-24-17(26)14-12(21)5-13(22)15(16(14)23)18(27)25-7-11-9-29-20(3,4)31-11/h5,10-11H,6-9H2,1-4H3,(H,24,26)(H,25,27). The number of ether oxygens (including phenoxy) is 4. The third-order valence-electron chi connectivity index (χ3n) is 4.74. The molecule has 2 aliphatic rings. The molecule has 2 heterocycles. The molecule has 172 valence electrons. The summed E-state index contributed by atoms with van der Waals surface area (Å²) in [5.41, 5.74) is 0.957. The molecule has 3 rings (SSSR count). The van der Waals surface area contributed by atoms with Gasteiger partial charge in [-0.3, -0.25) is 9.59 Å². The van der Waals surface area contributed by atoms with E-state index in [9.17, 15) is 9.59 Å². The van der Waals surface area contributed by atoms with Crippen LogP contribution in [0.25, 0.3) is 0 Å². The second-order valence-electron chi connectivity index (χ2n) is 8.23. The van der Waals surface area contributed by atoms with E-state index in [1.165, 1.54) is 0 Å². The minimum Gasteiger partial charge on any atom is -0.349 e. The molecule has 2 N–H and O–H groups in total. The number of rotatable bonds is 6. The van der Waals surface area contributed by atoms with E-state index in [4.69, 9.17) is 18.9 Å². The van der Waals surface area contributed by atoms with Gasteiger partial charge in [-0.1, -0.05) is 0 Å². The molecule has 31 heavy (non-hydrogen) atoms. The Bertz CT molecular complexity index is 811. The van der Waals surface area contributed by atoms with Crippen LogP contribution < -0.4 is 10.6 Å². The fourth-order valence-corrected chi connectivity index (χ4v) is 7.67. The van der Waals surface area contributed by atoms with E-state index in [1.54, 1.807) is 0 Å². The molecule has 11 heteroatoms. The van der Waals surface area contributed by atoms with Crippen LogP contribution in [0, 0.1) is 10.7 Å². The van der Waals surface area contributed by atoms with Crippen LogP contribution in [0.1, 0.15) is 48.4 Å². The van der Waals surface area contributed by atoms with Crippen molar-refractivity contribution < 1.29 is 28.5 Å². The lowest BCUT2D eigenvalue weighted by atomic mass is 10.1. The maximum atomic E-state index is 12.9. The Morgan fingerprint density at radius 2 is 1.26 bits per heavy atom. The van der Waals surface area contributed by atoms with Gasteiger partial charge in [-0.05, 0) is 102 Å². The number of benzene rings is 1. The lowest BCUT2D eigenvalue weighted by molar-refractivity contribution is -0.138. The van der Waals surface area contributed by atoms with Crippen molar-refractivity contribution >= 4 is 79.6 Å². The zero-order valence-electron chi connectivity index (χ0n) is 17.6. The molecular weight excluding hydrogens is 745 g/mol. The number of carbonyl (C=O) groups excluding carboxylic acids is 2. The molecule has 0 aliphatic carbocycles. The fourth-order valence-electron chi connectivity index (χ4n) is 3.32. The number of amides is 2. The highest BCUT2D eigenvalue weighted by Crippen LogP contribution is 2.29. The topological polar surface area (TPSA) is 95.1 Å². The number of hydrogen-bond acceptors (Lipinski definition) is 6. The summed E-state index contributed by atoms with van der Waals surface area (Å²) in [7, 11) is 0. The first-order chi connectivity index (χ1) is 14.4. The van der Waals surface area contributed by atoms with Gasteiger partial charge in [0.1, 0.15) is 12.2 Å². The number of halogens is 3. The minimum atomic E-state index is -0.643. The average molecular weight is 770 g/mol. The van der Waals surface area contributed by atoms with E-state index in [0.717, 1.165) is 7.14 Å². The largest absolute Gasteiger partial charge is 0.349 e. The Balaban J connectivity index is 1.68.